The third-order valence-corrected chi connectivity index (χ3v) is 9.43. The molecule has 0 bridgehead atoms. The predicted octanol–water partition coefficient (Wildman–Crippen LogP) is 3.26. The van der Waals surface area contributed by atoms with Gasteiger partial charge in [-0.25, -0.2) is 0 Å². The van der Waals surface area contributed by atoms with Gasteiger partial charge in [-0.05, 0) is 30.3 Å². The summed E-state index contributed by atoms with van der Waals surface area (Å²) in [5, 5.41) is -0.0177. The maximum Gasteiger partial charge on any atom is 0.261 e. The van der Waals surface area contributed by atoms with Crippen LogP contribution in [0.15, 0.2) is 24.3 Å². The molecule has 1 aliphatic heterocycles. The number of imide groups is 1. The molecule has 0 fully saturated rings. The van der Waals surface area contributed by atoms with Crippen LogP contribution < -0.4 is 0 Å². The topological polar surface area (TPSA) is 63.7 Å². The second-order valence-electron chi connectivity index (χ2n) is 7.67. The molecule has 0 aromatic heterocycles. The number of rotatable bonds is 6. The summed E-state index contributed by atoms with van der Waals surface area (Å²) in [7, 11) is -2.11. The van der Waals surface area contributed by atoms with Crippen molar-refractivity contribution in [2.24, 2.45) is 0 Å². The van der Waals surface area contributed by atoms with Gasteiger partial charge in [0, 0.05) is 6.42 Å². The van der Waals surface area contributed by atoms with E-state index in [2.05, 4.69) is 33.9 Å². The second-order valence-corrected chi connectivity index (χ2v) is 12.4. The van der Waals surface area contributed by atoms with Crippen LogP contribution in [0.5, 0.6) is 0 Å². The quantitative estimate of drug-likeness (QED) is 0.450. The van der Waals surface area contributed by atoms with Crippen LogP contribution in [0.1, 0.15) is 47.9 Å². The van der Waals surface area contributed by atoms with Crippen LogP contribution in [0.3, 0.4) is 0 Å². The zero-order valence-electron chi connectivity index (χ0n) is 15.0. The standard InChI is InChI=1S/C18H25NO4Si/c1-18(2,3)24(4,5)23-13(10-11-20)12-19-16(21)14-8-6-7-9-15(14)17(19)22/h6-9,11,13H,10,12H2,1-5H3. The molecule has 1 aliphatic rings. The van der Waals surface area contributed by atoms with Gasteiger partial charge in [-0.2, -0.15) is 0 Å². The maximum atomic E-state index is 12.5. The molecule has 1 aromatic rings. The highest BCUT2D eigenvalue weighted by Gasteiger charge is 2.41. The van der Waals surface area contributed by atoms with Gasteiger partial charge < -0.3 is 9.22 Å². The minimum atomic E-state index is -2.11. The molecule has 5 nitrogen and oxygen atoms in total. The molecule has 0 saturated carbocycles. The molecule has 0 saturated heterocycles. The highest BCUT2D eigenvalue weighted by Crippen LogP contribution is 2.38. The number of aldehydes is 1. The number of hydrogen-bond donors (Lipinski definition) is 0. The Balaban J connectivity index is 2.19. The molecule has 1 aromatic carbocycles. The van der Waals surface area contributed by atoms with Crippen LogP contribution in [0.4, 0.5) is 0 Å². The van der Waals surface area contributed by atoms with Gasteiger partial charge in [0.1, 0.15) is 6.29 Å². The number of carbonyl (C=O) groups is 3. The van der Waals surface area contributed by atoms with Crippen molar-refractivity contribution in [3.63, 3.8) is 0 Å². The van der Waals surface area contributed by atoms with Crippen molar-refractivity contribution < 1.29 is 18.8 Å². The lowest BCUT2D eigenvalue weighted by molar-refractivity contribution is -0.109. The van der Waals surface area contributed by atoms with Crippen molar-refractivity contribution in [1.29, 1.82) is 0 Å². The van der Waals surface area contributed by atoms with Crippen LogP contribution in [0.25, 0.3) is 0 Å². The van der Waals surface area contributed by atoms with E-state index in [9.17, 15) is 14.4 Å². The fourth-order valence-corrected chi connectivity index (χ4v) is 3.83. The molecule has 1 heterocycles. The Kier molecular flexibility index (Phi) is 5.10. The summed E-state index contributed by atoms with van der Waals surface area (Å²) in [5.74, 6) is -0.629. The lowest BCUT2D eigenvalue weighted by atomic mass is 10.1. The summed E-state index contributed by atoms with van der Waals surface area (Å²) in [6.07, 6.45) is 0.487. The van der Waals surface area contributed by atoms with Crippen LogP contribution in [-0.2, 0) is 9.22 Å². The average molecular weight is 347 g/mol. The normalized spacial score (nSPS) is 16.3. The lowest BCUT2D eigenvalue weighted by Gasteiger charge is -2.39. The van der Waals surface area contributed by atoms with E-state index in [4.69, 9.17) is 4.43 Å². The van der Waals surface area contributed by atoms with Gasteiger partial charge in [0.25, 0.3) is 11.8 Å². The minimum Gasteiger partial charge on any atom is -0.412 e. The van der Waals surface area contributed by atoms with Crippen molar-refractivity contribution >= 4 is 26.4 Å². The first-order valence-corrected chi connectivity index (χ1v) is 11.1. The molecule has 1 atom stereocenters. The van der Waals surface area contributed by atoms with E-state index >= 15 is 0 Å². The van der Waals surface area contributed by atoms with Crippen LogP contribution >= 0.6 is 0 Å². The van der Waals surface area contributed by atoms with E-state index in [1.165, 1.54) is 4.90 Å². The summed E-state index contributed by atoms with van der Waals surface area (Å²) in [4.78, 5) is 37.2. The first-order chi connectivity index (χ1) is 11.1. The SMILES string of the molecule is CC(C)(C)[Si](C)(C)OC(CC=O)CN1C(=O)c2ccccc2C1=O. The highest BCUT2D eigenvalue weighted by molar-refractivity contribution is 6.74. The van der Waals surface area contributed by atoms with E-state index in [0.29, 0.717) is 11.1 Å². The van der Waals surface area contributed by atoms with Gasteiger partial charge in [-0.1, -0.05) is 32.9 Å². The Morgan fingerprint density at radius 2 is 1.62 bits per heavy atom. The number of benzene rings is 1. The Bertz CT molecular complexity index is 628. The van der Waals surface area contributed by atoms with Crippen LogP contribution in [0.2, 0.25) is 18.1 Å². The lowest BCUT2D eigenvalue weighted by Crippen LogP contribution is -2.48. The van der Waals surface area contributed by atoms with Gasteiger partial charge in [0.15, 0.2) is 8.32 Å². The molecule has 2 amide bonds. The van der Waals surface area contributed by atoms with Crippen molar-refractivity contribution in [2.75, 3.05) is 6.54 Å². The number of amides is 2. The monoisotopic (exact) mass is 347 g/mol. The van der Waals surface area contributed by atoms with Crippen molar-refractivity contribution in [3.8, 4) is 0 Å². The Morgan fingerprint density at radius 3 is 2.04 bits per heavy atom. The van der Waals surface area contributed by atoms with E-state index in [0.717, 1.165) is 6.29 Å². The third kappa shape index (κ3) is 3.49. The highest BCUT2D eigenvalue weighted by atomic mass is 28.4. The summed E-state index contributed by atoms with van der Waals surface area (Å²) in [6, 6.07) is 6.78. The molecule has 2 rings (SSSR count). The van der Waals surface area contributed by atoms with Crippen LogP contribution in [-0.4, -0.2) is 44.0 Å². The summed E-state index contributed by atoms with van der Waals surface area (Å²) in [6.45, 7) is 10.6. The first kappa shape index (κ1) is 18.5. The van der Waals surface area contributed by atoms with E-state index < -0.39 is 14.4 Å². The van der Waals surface area contributed by atoms with Crippen molar-refractivity contribution in [3.05, 3.63) is 35.4 Å². The molecule has 6 heteroatoms. The molecule has 0 radical (unpaired) electrons. The third-order valence-electron chi connectivity index (χ3n) is 4.89. The van der Waals surface area contributed by atoms with Gasteiger partial charge in [0.05, 0.1) is 23.8 Å². The molecule has 130 valence electrons. The van der Waals surface area contributed by atoms with Gasteiger partial charge in [0.2, 0.25) is 0 Å². The van der Waals surface area contributed by atoms with Crippen LogP contribution in [0, 0.1) is 0 Å². The Hall–Kier alpha value is -1.79. The molecular weight excluding hydrogens is 322 g/mol. The fourth-order valence-electron chi connectivity index (χ4n) is 2.47. The second kappa shape index (κ2) is 6.61. The molecular formula is C18H25NO4Si. The van der Waals surface area contributed by atoms with Gasteiger partial charge in [-0.3, -0.25) is 14.5 Å². The maximum absolute atomic E-state index is 12.5. The fraction of sp³-hybridized carbons (Fsp3) is 0.500. The first-order valence-electron chi connectivity index (χ1n) is 8.15. The van der Waals surface area contributed by atoms with Crippen molar-refractivity contribution in [2.45, 2.75) is 51.4 Å². The largest absolute Gasteiger partial charge is 0.412 e. The predicted molar refractivity (Wildman–Crippen MR) is 94.6 cm³/mol. The molecule has 1 unspecified atom stereocenters. The molecule has 0 N–H and O–H groups in total. The smallest absolute Gasteiger partial charge is 0.261 e. The number of hydrogen-bond acceptors (Lipinski definition) is 4. The van der Waals surface area contributed by atoms with Crippen molar-refractivity contribution in [1.82, 2.24) is 4.90 Å². The minimum absolute atomic E-state index is 0.0177. The Morgan fingerprint density at radius 1 is 1.12 bits per heavy atom. The molecule has 0 aliphatic carbocycles. The summed E-state index contributed by atoms with van der Waals surface area (Å²) >= 11 is 0. The summed E-state index contributed by atoms with van der Waals surface area (Å²) in [5.41, 5.74) is 0.833. The van der Waals surface area contributed by atoms with Gasteiger partial charge in [-0.15, -0.1) is 0 Å². The molecule has 0 spiro atoms. The number of fused-ring (bicyclic) bond motifs is 1. The van der Waals surface area contributed by atoms with E-state index in [1.807, 2.05) is 0 Å². The zero-order valence-corrected chi connectivity index (χ0v) is 16.0. The number of nitrogens with zero attached hydrogens (tertiary/aromatic N) is 1. The Labute approximate surface area is 144 Å². The average Bonchev–Trinajstić information content (AvgIpc) is 2.72. The van der Waals surface area contributed by atoms with E-state index in [-0.39, 0.29) is 29.8 Å². The zero-order chi connectivity index (χ0) is 18.1. The van der Waals surface area contributed by atoms with E-state index in [1.54, 1.807) is 24.3 Å². The van der Waals surface area contributed by atoms with Gasteiger partial charge >= 0.3 is 0 Å². The molecule has 24 heavy (non-hydrogen) atoms. The summed E-state index contributed by atoms with van der Waals surface area (Å²) < 4.78 is 6.26. The number of carbonyl (C=O) groups excluding carboxylic acids is 3.